The standard InChI is InChI=1S/C12H18NO2S/c1-2-15-16(12-6-4-3-5-7-12)13-8-10-14-11-9-13/h3-7H,2,8-11H2,1H3/q+1. The molecule has 0 amide bonds. The van der Waals surface area contributed by atoms with Crippen molar-refractivity contribution in [2.45, 2.75) is 11.8 Å². The molecule has 1 aliphatic rings. The van der Waals surface area contributed by atoms with Gasteiger partial charge < -0.3 is 4.74 Å². The van der Waals surface area contributed by atoms with Gasteiger partial charge in [0.25, 0.3) is 11.4 Å². The van der Waals surface area contributed by atoms with E-state index in [2.05, 4.69) is 28.6 Å². The summed E-state index contributed by atoms with van der Waals surface area (Å²) in [5.74, 6) is 0. The van der Waals surface area contributed by atoms with Crippen LogP contribution in [0.3, 0.4) is 0 Å². The fraction of sp³-hybridized carbons (Fsp3) is 0.500. The first kappa shape index (κ1) is 11.9. The zero-order chi connectivity index (χ0) is 11.2. The lowest BCUT2D eigenvalue weighted by Crippen LogP contribution is -2.41. The zero-order valence-electron chi connectivity index (χ0n) is 9.59. The van der Waals surface area contributed by atoms with Gasteiger partial charge in [-0.3, -0.25) is 0 Å². The first-order valence-corrected chi connectivity index (χ1v) is 6.78. The molecule has 16 heavy (non-hydrogen) atoms. The van der Waals surface area contributed by atoms with Crippen molar-refractivity contribution in [3.8, 4) is 0 Å². The molecule has 4 heteroatoms. The molecule has 3 nitrogen and oxygen atoms in total. The zero-order valence-corrected chi connectivity index (χ0v) is 10.4. The van der Waals surface area contributed by atoms with E-state index >= 15 is 0 Å². The molecule has 2 rings (SSSR count). The molecule has 0 N–H and O–H groups in total. The van der Waals surface area contributed by atoms with E-state index in [0.717, 1.165) is 32.9 Å². The summed E-state index contributed by atoms with van der Waals surface area (Å²) in [6, 6.07) is 10.4. The highest BCUT2D eigenvalue weighted by molar-refractivity contribution is 7.90. The van der Waals surface area contributed by atoms with E-state index in [1.807, 2.05) is 13.0 Å². The Hall–Kier alpha value is -0.550. The van der Waals surface area contributed by atoms with Gasteiger partial charge in [-0.05, 0) is 19.1 Å². The molecule has 0 spiro atoms. The number of nitrogens with zero attached hydrogens (tertiary/aromatic N) is 1. The van der Waals surface area contributed by atoms with Crippen LogP contribution in [0, 0.1) is 0 Å². The van der Waals surface area contributed by atoms with Crippen LogP contribution in [-0.4, -0.2) is 37.2 Å². The topological polar surface area (TPSA) is 21.7 Å². The molecule has 1 unspecified atom stereocenters. The average molecular weight is 240 g/mol. The van der Waals surface area contributed by atoms with Gasteiger partial charge in [0, 0.05) is 0 Å². The first-order valence-electron chi connectivity index (χ1n) is 5.67. The second kappa shape index (κ2) is 6.25. The highest BCUT2D eigenvalue weighted by Gasteiger charge is 2.34. The van der Waals surface area contributed by atoms with E-state index in [9.17, 15) is 0 Å². The smallest absolute Gasteiger partial charge is 0.280 e. The summed E-state index contributed by atoms with van der Waals surface area (Å²) >= 11 is -0.221. The summed E-state index contributed by atoms with van der Waals surface area (Å²) in [6.07, 6.45) is 0. The van der Waals surface area contributed by atoms with Crippen molar-refractivity contribution in [1.82, 2.24) is 4.31 Å². The van der Waals surface area contributed by atoms with E-state index in [-0.39, 0.29) is 11.4 Å². The van der Waals surface area contributed by atoms with Crippen molar-refractivity contribution in [2.24, 2.45) is 0 Å². The SMILES string of the molecule is CCO[S+](c1ccccc1)N1CCOCC1. The van der Waals surface area contributed by atoms with Crippen molar-refractivity contribution in [3.63, 3.8) is 0 Å². The Morgan fingerprint density at radius 2 is 1.94 bits per heavy atom. The maximum Gasteiger partial charge on any atom is 0.280 e. The molecule has 0 radical (unpaired) electrons. The number of hydrogen-bond donors (Lipinski definition) is 0. The van der Waals surface area contributed by atoms with Gasteiger partial charge in [0.05, 0.1) is 26.3 Å². The molecule has 1 fully saturated rings. The van der Waals surface area contributed by atoms with Gasteiger partial charge in [0.15, 0.2) is 0 Å². The van der Waals surface area contributed by atoms with Crippen LogP contribution < -0.4 is 0 Å². The Morgan fingerprint density at radius 3 is 2.56 bits per heavy atom. The lowest BCUT2D eigenvalue weighted by Gasteiger charge is -2.23. The predicted molar refractivity (Wildman–Crippen MR) is 66.1 cm³/mol. The summed E-state index contributed by atoms with van der Waals surface area (Å²) in [6.45, 7) is 6.32. The Balaban J connectivity index is 2.09. The van der Waals surface area contributed by atoms with E-state index in [0.29, 0.717) is 0 Å². The molecule has 1 aliphatic heterocycles. The van der Waals surface area contributed by atoms with Crippen molar-refractivity contribution in [3.05, 3.63) is 30.3 Å². The molecule has 1 aromatic carbocycles. The summed E-state index contributed by atoms with van der Waals surface area (Å²) in [4.78, 5) is 1.26. The fourth-order valence-corrected chi connectivity index (χ4v) is 3.33. The fourth-order valence-electron chi connectivity index (χ4n) is 1.65. The number of benzene rings is 1. The third kappa shape index (κ3) is 2.98. The third-order valence-corrected chi connectivity index (χ3v) is 4.35. The van der Waals surface area contributed by atoms with E-state index in [1.54, 1.807) is 0 Å². The van der Waals surface area contributed by atoms with Crippen molar-refractivity contribution in [2.75, 3.05) is 32.9 Å². The molecular formula is C12H18NO2S+. The Kier molecular flexibility index (Phi) is 4.66. The summed E-state index contributed by atoms with van der Waals surface area (Å²) in [5, 5.41) is 0. The quantitative estimate of drug-likeness (QED) is 0.750. The van der Waals surface area contributed by atoms with Gasteiger partial charge in [-0.1, -0.05) is 22.5 Å². The molecule has 0 aliphatic carbocycles. The third-order valence-electron chi connectivity index (χ3n) is 2.38. The maximum atomic E-state index is 5.87. The number of hydrogen-bond acceptors (Lipinski definition) is 3. The minimum absolute atomic E-state index is 0.221. The molecule has 1 heterocycles. The molecule has 1 aromatic rings. The van der Waals surface area contributed by atoms with Gasteiger partial charge in [-0.15, -0.1) is 4.18 Å². The summed E-state index contributed by atoms with van der Waals surface area (Å²) < 4.78 is 13.6. The molecule has 0 bridgehead atoms. The lowest BCUT2D eigenvalue weighted by atomic mass is 10.4. The molecule has 0 aromatic heterocycles. The average Bonchev–Trinajstić information content (AvgIpc) is 2.38. The molecule has 88 valence electrons. The highest BCUT2D eigenvalue weighted by Crippen LogP contribution is 2.20. The van der Waals surface area contributed by atoms with Crippen molar-refractivity contribution >= 4 is 11.4 Å². The molecule has 0 saturated carbocycles. The van der Waals surface area contributed by atoms with Gasteiger partial charge in [0.1, 0.15) is 6.61 Å². The van der Waals surface area contributed by atoms with Crippen LogP contribution in [0.15, 0.2) is 35.2 Å². The number of morpholine rings is 1. The molecule has 1 saturated heterocycles. The summed E-state index contributed by atoms with van der Waals surface area (Å²) in [5.41, 5.74) is 0. The second-order valence-electron chi connectivity index (χ2n) is 3.51. The Morgan fingerprint density at radius 1 is 1.25 bits per heavy atom. The largest absolute Gasteiger partial charge is 0.378 e. The molecular weight excluding hydrogens is 222 g/mol. The van der Waals surface area contributed by atoms with Crippen LogP contribution in [0.5, 0.6) is 0 Å². The van der Waals surface area contributed by atoms with E-state index in [4.69, 9.17) is 8.92 Å². The van der Waals surface area contributed by atoms with Crippen LogP contribution in [0.1, 0.15) is 6.92 Å². The van der Waals surface area contributed by atoms with Crippen LogP contribution in [0.25, 0.3) is 0 Å². The molecule has 1 atom stereocenters. The minimum Gasteiger partial charge on any atom is -0.378 e. The van der Waals surface area contributed by atoms with Crippen LogP contribution in [-0.2, 0) is 20.3 Å². The number of ether oxygens (including phenoxy) is 1. The van der Waals surface area contributed by atoms with E-state index in [1.165, 1.54) is 4.90 Å². The van der Waals surface area contributed by atoms with Crippen molar-refractivity contribution < 1.29 is 8.92 Å². The Labute approximate surface area is 100 Å². The van der Waals surface area contributed by atoms with E-state index < -0.39 is 0 Å². The van der Waals surface area contributed by atoms with Crippen molar-refractivity contribution in [1.29, 1.82) is 0 Å². The monoisotopic (exact) mass is 240 g/mol. The highest BCUT2D eigenvalue weighted by atomic mass is 32.2. The predicted octanol–water partition coefficient (Wildman–Crippen LogP) is 1.86. The summed E-state index contributed by atoms with van der Waals surface area (Å²) in [7, 11) is 0. The van der Waals surface area contributed by atoms with Gasteiger partial charge >= 0.3 is 0 Å². The maximum absolute atomic E-state index is 5.87. The van der Waals surface area contributed by atoms with Crippen LogP contribution in [0.4, 0.5) is 0 Å². The van der Waals surface area contributed by atoms with Gasteiger partial charge in [-0.2, -0.15) is 0 Å². The van der Waals surface area contributed by atoms with Gasteiger partial charge in [0.2, 0.25) is 4.90 Å². The number of rotatable bonds is 4. The Bertz CT molecular complexity index is 301. The normalized spacial score (nSPS) is 19.6. The first-order chi connectivity index (χ1) is 7.92. The van der Waals surface area contributed by atoms with Crippen LogP contribution >= 0.6 is 0 Å². The second-order valence-corrected chi connectivity index (χ2v) is 5.23. The van der Waals surface area contributed by atoms with Crippen LogP contribution in [0.2, 0.25) is 0 Å². The lowest BCUT2D eigenvalue weighted by molar-refractivity contribution is 0.0718. The minimum atomic E-state index is -0.221. The van der Waals surface area contributed by atoms with Gasteiger partial charge in [-0.25, -0.2) is 0 Å².